The van der Waals surface area contributed by atoms with Crippen molar-refractivity contribution in [1.29, 1.82) is 0 Å². The van der Waals surface area contributed by atoms with Gasteiger partial charge in [-0.05, 0) is 36.1 Å². The van der Waals surface area contributed by atoms with Crippen LogP contribution in [-0.4, -0.2) is 0 Å². The summed E-state index contributed by atoms with van der Waals surface area (Å²) in [5.41, 5.74) is -0.105. The molecular weight excluding hydrogens is 263 g/mol. The first-order valence-corrected chi connectivity index (χ1v) is 6.14. The molecule has 0 radical (unpaired) electrons. The van der Waals surface area contributed by atoms with Crippen LogP contribution in [0.3, 0.4) is 0 Å². The van der Waals surface area contributed by atoms with Gasteiger partial charge in [-0.1, -0.05) is 49.6 Å². The van der Waals surface area contributed by atoms with Crippen molar-refractivity contribution in [3.63, 3.8) is 0 Å². The normalized spacial score (nSPS) is 17.5. The predicted molar refractivity (Wildman–Crippen MR) is 76.6 cm³/mol. The quantitative estimate of drug-likeness (QED) is 0.690. The summed E-state index contributed by atoms with van der Waals surface area (Å²) in [6.45, 7) is -1.57. The molecule has 1 nitrogen and oxygen atoms in total. The monoisotopic (exact) mass is 283 g/mol. The van der Waals surface area contributed by atoms with Gasteiger partial charge in [0.2, 0.25) is 0 Å². The van der Waals surface area contributed by atoms with Crippen molar-refractivity contribution in [3.8, 4) is 11.5 Å². The summed E-state index contributed by atoms with van der Waals surface area (Å²) in [5.74, 6) is -1.98. The summed E-state index contributed by atoms with van der Waals surface area (Å²) in [6, 6.07) is 11.1. The van der Waals surface area contributed by atoms with Crippen molar-refractivity contribution in [2.75, 3.05) is 0 Å². The standard InChI is InChI=1S/C16H16ClFO/c1-3-11(2)13-9-10-14(17)16(15(13)18)19-12-7-5-4-6-8-12/h4-11H,3H2,1-2H3/t11-/m1/s1/i1D3,3D2. The molecule has 0 heterocycles. The molecule has 0 aliphatic heterocycles. The van der Waals surface area contributed by atoms with Gasteiger partial charge in [0, 0.05) is 6.85 Å². The van der Waals surface area contributed by atoms with Crippen molar-refractivity contribution in [1.82, 2.24) is 0 Å². The van der Waals surface area contributed by atoms with E-state index < -0.39 is 25.0 Å². The molecular formula is C16H16ClFO. The molecule has 3 heteroatoms. The highest BCUT2D eigenvalue weighted by atomic mass is 35.5. The Bertz CT molecular complexity index is 718. The summed E-state index contributed by atoms with van der Waals surface area (Å²) in [7, 11) is 0. The van der Waals surface area contributed by atoms with E-state index in [0.717, 1.165) is 0 Å². The first-order valence-electron chi connectivity index (χ1n) is 8.26. The molecule has 0 bridgehead atoms. The number of halogens is 2. The number of ether oxygens (including phenoxy) is 1. The van der Waals surface area contributed by atoms with Gasteiger partial charge < -0.3 is 4.74 Å². The fourth-order valence-electron chi connectivity index (χ4n) is 1.66. The average molecular weight is 284 g/mol. The minimum absolute atomic E-state index is 0.0155. The third-order valence-corrected chi connectivity index (χ3v) is 3.02. The molecule has 0 saturated carbocycles. The van der Waals surface area contributed by atoms with E-state index >= 15 is 0 Å². The van der Waals surface area contributed by atoms with Gasteiger partial charge >= 0.3 is 0 Å². The zero-order chi connectivity index (χ0) is 18.1. The van der Waals surface area contributed by atoms with Gasteiger partial charge in [0.05, 0.1) is 5.02 Å². The summed E-state index contributed by atoms with van der Waals surface area (Å²) in [6.07, 6.45) is -2.61. The van der Waals surface area contributed by atoms with E-state index in [4.69, 9.17) is 23.2 Å². The molecule has 0 unspecified atom stereocenters. The first-order chi connectivity index (χ1) is 11.1. The number of hydrogen-bond acceptors (Lipinski definition) is 1. The van der Waals surface area contributed by atoms with Crippen LogP contribution in [0.15, 0.2) is 42.5 Å². The van der Waals surface area contributed by atoms with Crippen LogP contribution in [0, 0.1) is 5.82 Å². The van der Waals surface area contributed by atoms with Crippen LogP contribution in [0.4, 0.5) is 4.39 Å². The van der Waals surface area contributed by atoms with E-state index in [1.54, 1.807) is 30.3 Å². The predicted octanol–water partition coefficient (Wildman–Crippen LogP) is 5.78. The van der Waals surface area contributed by atoms with E-state index in [1.165, 1.54) is 19.1 Å². The van der Waals surface area contributed by atoms with Crippen LogP contribution < -0.4 is 4.74 Å². The van der Waals surface area contributed by atoms with Gasteiger partial charge in [-0.3, -0.25) is 0 Å². The molecule has 0 N–H and O–H groups in total. The van der Waals surface area contributed by atoms with Crippen molar-refractivity contribution < 1.29 is 16.0 Å². The van der Waals surface area contributed by atoms with Crippen LogP contribution in [0.25, 0.3) is 0 Å². The van der Waals surface area contributed by atoms with Crippen LogP contribution in [0.1, 0.15) is 38.5 Å². The Morgan fingerprint density at radius 1 is 1.32 bits per heavy atom. The Morgan fingerprint density at radius 2 is 2.05 bits per heavy atom. The lowest BCUT2D eigenvalue weighted by molar-refractivity contribution is 0.435. The molecule has 2 aromatic rings. The lowest BCUT2D eigenvalue weighted by Gasteiger charge is -2.15. The Labute approximate surface area is 125 Å². The van der Waals surface area contributed by atoms with Gasteiger partial charge in [-0.15, -0.1) is 0 Å². The van der Waals surface area contributed by atoms with Gasteiger partial charge in [0.15, 0.2) is 11.6 Å². The van der Waals surface area contributed by atoms with Crippen molar-refractivity contribution in [2.24, 2.45) is 0 Å². The zero-order valence-electron chi connectivity index (χ0n) is 15.3. The molecule has 0 amide bonds. The minimum atomic E-state index is -2.89. The average Bonchev–Trinajstić information content (AvgIpc) is 2.51. The Hall–Kier alpha value is -1.54. The van der Waals surface area contributed by atoms with E-state index in [0.29, 0.717) is 5.75 Å². The second kappa shape index (κ2) is 6.07. The third kappa shape index (κ3) is 3.07. The number of para-hydroxylation sites is 1. The maximum Gasteiger partial charge on any atom is 0.181 e. The molecule has 0 saturated heterocycles. The highest BCUT2D eigenvalue weighted by Crippen LogP contribution is 2.36. The zero-order valence-corrected chi connectivity index (χ0v) is 11.0. The van der Waals surface area contributed by atoms with Crippen LogP contribution >= 0.6 is 11.6 Å². The van der Waals surface area contributed by atoms with E-state index in [-0.39, 0.29) is 16.3 Å². The first kappa shape index (κ1) is 8.60. The van der Waals surface area contributed by atoms with Crippen molar-refractivity contribution >= 4 is 11.6 Å². The lowest BCUT2D eigenvalue weighted by Crippen LogP contribution is -1.99. The second-order valence-corrected chi connectivity index (χ2v) is 4.47. The van der Waals surface area contributed by atoms with Gasteiger partial charge in [-0.25, -0.2) is 4.39 Å². The third-order valence-electron chi connectivity index (χ3n) is 2.73. The Kier molecular flexibility index (Phi) is 2.75. The topological polar surface area (TPSA) is 9.23 Å². The van der Waals surface area contributed by atoms with Gasteiger partial charge in [0.1, 0.15) is 5.75 Å². The number of benzene rings is 2. The maximum absolute atomic E-state index is 14.8. The summed E-state index contributed by atoms with van der Waals surface area (Å²) < 4.78 is 58.0. The fraction of sp³-hybridized carbons (Fsp3) is 0.250. The molecule has 100 valence electrons. The second-order valence-electron chi connectivity index (χ2n) is 4.06. The molecule has 1 atom stereocenters. The van der Waals surface area contributed by atoms with Crippen LogP contribution in [0.2, 0.25) is 5.02 Å². The highest BCUT2D eigenvalue weighted by Gasteiger charge is 2.17. The summed E-state index contributed by atoms with van der Waals surface area (Å²) in [4.78, 5) is 0. The summed E-state index contributed by atoms with van der Waals surface area (Å²) >= 11 is 5.99. The van der Waals surface area contributed by atoms with Crippen LogP contribution in [-0.2, 0) is 0 Å². The smallest absolute Gasteiger partial charge is 0.181 e. The summed E-state index contributed by atoms with van der Waals surface area (Å²) in [5, 5.41) is 0.0155. The van der Waals surface area contributed by atoms with Crippen LogP contribution in [0.5, 0.6) is 11.5 Å². The molecule has 2 rings (SSSR count). The van der Waals surface area contributed by atoms with E-state index in [2.05, 4.69) is 0 Å². The van der Waals surface area contributed by atoms with Gasteiger partial charge in [0.25, 0.3) is 0 Å². The molecule has 0 aliphatic carbocycles. The fourth-order valence-corrected chi connectivity index (χ4v) is 1.84. The number of rotatable bonds is 4. The highest BCUT2D eigenvalue weighted by molar-refractivity contribution is 6.32. The van der Waals surface area contributed by atoms with E-state index in [1.807, 2.05) is 0 Å². The van der Waals surface area contributed by atoms with Crippen molar-refractivity contribution in [2.45, 2.75) is 26.1 Å². The Balaban J connectivity index is 2.45. The molecule has 0 aliphatic rings. The molecule has 0 spiro atoms. The molecule has 19 heavy (non-hydrogen) atoms. The number of hydrogen-bond donors (Lipinski definition) is 0. The largest absolute Gasteiger partial charge is 0.453 e. The molecule has 0 fully saturated rings. The van der Waals surface area contributed by atoms with Crippen molar-refractivity contribution in [3.05, 3.63) is 58.9 Å². The van der Waals surface area contributed by atoms with Gasteiger partial charge in [-0.2, -0.15) is 0 Å². The maximum atomic E-state index is 14.8. The molecule has 2 aromatic carbocycles. The SMILES string of the molecule is [2H]C([2H])([2H])C([2H])([2H])[C@@H](C)c1ccc(Cl)c(Oc2ccccc2)c1F. The lowest BCUT2D eigenvalue weighted by atomic mass is 9.98. The molecule has 0 aromatic heterocycles. The minimum Gasteiger partial charge on any atom is -0.453 e. The Morgan fingerprint density at radius 3 is 2.74 bits per heavy atom. The van der Waals surface area contributed by atoms with E-state index in [9.17, 15) is 4.39 Å².